The number of rotatable bonds is 6. The lowest BCUT2D eigenvalue weighted by atomic mass is 10.0. The van der Waals surface area contributed by atoms with E-state index >= 15 is 0 Å². The van der Waals surface area contributed by atoms with E-state index < -0.39 is 11.9 Å². The van der Waals surface area contributed by atoms with Gasteiger partial charge in [0.2, 0.25) is 0 Å². The number of hydrogen-bond donors (Lipinski definition) is 0. The minimum atomic E-state index is -4.50. The highest BCUT2D eigenvalue weighted by Crippen LogP contribution is 2.43. The second-order valence-electron chi connectivity index (χ2n) is 8.75. The standard InChI is InChI=1S/C24H23F3N6O2/c1-14-12-21(15(2)11-20(14)32-10-9-22(28-32)24(25,26)27)35-13-18-17(16-7-8-16)5-4-6-19(18)33-23(34)31(3)29-30-33/h4-6,9-12,16H,7-8,13H2,1-3H3. The van der Waals surface area contributed by atoms with E-state index in [0.717, 1.165) is 35.6 Å². The van der Waals surface area contributed by atoms with Crippen molar-refractivity contribution in [3.8, 4) is 17.1 Å². The van der Waals surface area contributed by atoms with Crippen molar-refractivity contribution in [2.45, 2.75) is 45.4 Å². The van der Waals surface area contributed by atoms with Crippen LogP contribution in [0.15, 0.2) is 47.4 Å². The maximum Gasteiger partial charge on any atom is 0.435 e. The van der Waals surface area contributed by atoms with Crippen LogP contribution >= 0.6 is 0 Å². The van der Waals surface area contributed by atoms with Gasteiger partial charge in [-0.1, -0.05) is 12.1 Å². The molecule has 1 fully saturated rings. The molecule has 2 aromatic heterocycles. The zero-order valence-corrected chi connectivity index (χ0v) is 19.4. The van der Waals surface area contributed by atoms with Gasteiger partial charge in [-0.3, -0.25) is 0 Å². The van der Waals surface area contributed by atoms with Crippen molar-refractivity contribution < 1.29 is 17.9 Å². The molecule has 1 saturated carbocycles. The van der Waals surface area contributed by atoms with Crippen molar-refractivity contribution >= 4 is 0 Å². The van der Waals surface area contributed by atoms with E-state index in [1.54, 1.807) is 19.1 Å². The van der Waals surface area contributed by atoms with Gasteiger partial charge < -0.3 is 4.74 Å². The maximum absolute atomic E-state index is 13.0. The SMILES string of the molecule is Cc1cc(-n2ccc(C(F)(F)F)n2)c(C)cc1OCc1c(C2CC2)cccc1-n1nnn(C)c1=O. The van der Waals surface area contributed by atoms with E-state index in [1.807, 2.05) is 25.1 Å². The van der Waals surface area contributed by atoms with Crippen LogP contribution in [0.3, 0.4) is 0 Å². The molecule has 2 aromatic carbocycles. The zero-order valence-electron chi connectivity index (χ0n) is 19.4. The fourth-order valence-electron chi connectivity index (χ4n) is 4.13. The molecular weight excluding hydrogens is 461 g/mol. The highest BCUT2D eigenvalue weighted by molar-refractivity contribution is 5.51. The molecule has 0 amide bonds. The second-order valence-corrected chi connectivity index (χ2v) is 8.75. The zero-order chi connectivity index (χ0) is 24.9. The highest BCUT2D eigenvalue weighted by atomic mass is 19.4. The van der Waals surface area contributed by atoms with Crippen molar-refractivity contribution in [2.75, 3.05) is 0 Å². The summed E-state index contributed by atoms with van der Waals surface area (Å²) < 4.78 is 48.8. The normalized spacial score (nSPS) is 13.9. The molecule has 2 heterocycles. The molecule has 0 saturated heterocycles. The lowest BCUT2D eigenvalue weighted by Gasteiger charge is -2.17. The fourth-order valence-corrected chi connectivity index (χ4v) is 4.13. The van der Waals surface area contributed by atoms with Gasteiger partial charge in [0.05, 0.1) is 11.4 Å². The monoisotopic (exact) mass is 484 g/mol. The average molecular weight is 484 g/mol. The van der Waals surface area contributed by atoms with E-state index in [0.29, 0.717) is 28.6 Å². The quantitative estimate of drug-likeness (QED) is 0.409. The van der Waals surface area contributed by atoms with Crippen molar-refractivity contribution in [3.63, 3.8) is 0 Å². The molecule has 1 aliphatic rings. The molecule has 5 rings (SSSR count). The Labute approximate surface area is 198 Å². The number of aryl methyl sites for hydroxylation is 3. The summed E-state index contributed by atoms with van der Waals surface area (Å²) in [5.74, 6) is 1.01. The first-order valence-electron chi connectivity index (χ1n) is 11.1. The predicted molar refractivity (Wildman–Crippen MR) is 121 cm³/mol. The molecule has 35 heavy (non-hydrogen) atoms. The molecule has 182 valence electrons. The van der Waals surface area contributed by atoms with Gasteiger partial charge >= 0.3 is 11.9 Å². The number of alkyl halides is 3. The van der Waals surface area contributed by atoms with Crippen LogP contribution in [0.4, 0.5) is 13.2 Å². The number of ether oxygens (including phenoxy) is 1. The fraction of sp³-hybridized carbons (Fsp3) is 0.333. The average Bonchev–Trinajstić information content (AvgIpc) is 3.43. The highest BCUT2D eigenvalue weighted by Gasteiger charge is 2.34. The van der Waals surface area contributed by atoms with Crippen molar-refractivity contribution in [1.82, 2.24) is 29.6 Å². The van der Waals surface area contributed by atoms with Gasteiger partial charge in [0.15, 0.2) is 5.69 Å². The lowest BCUT2D eigenvalue weighted by molar-refractivity contribution is -0.141. The summed E-state index contributed by atoms with van der Waals surface area (Å²) in [4.78, 5) is 12.5. The van der Waals surface area contributed by atoms with Crippen LogP contribution in [0.5, 0.6) is 5.75 Å². The summed E-state index contributed by atoms with van der Waals surface area (Å²) in [6.07, 6.45) is -1.07. The Balaban J connectivity index is 1.46. The van der Waals surface area contributed by atoms with Gasteiger partial charge in [-0.05, 0) is 84.0 Å². The van der Waals surface area contributed by atoms with Gasteiger partial charge in [0, 0.05) is 18.8 Å². The van der Waals surface area contributed by atoms with Crippen molar-refractivity contribution in [3.05, 3.63) is 81.0 Å². The van der Waals surface area contributed by atoms with Crippen LogP contribution in [0.25, 0.3) is 11.4 Å². The summed E-state index contributed by atoms with van der Waals surface area (Å²) in [6.45, 7) is 3.82. The van der Waals surface area contributed by atoms with E-state index in [4.69, 9.17) is 4.74 Å². The van der Waals surface area contributed by atoms with Crippen molar-refractivity contribution in [2.24, 2.45) is 7.05 Å². The van der Waals surface area contributed by atoms with E-state index in [2.05, 4.69) is 15.5 Å². The van der Waals surface area contributed by atoms with Crippen LogP contribution < -0.4 is 10.4 Å². The summed E-state index contributed by atoms with van der Waals surface area (Å²) in [5.41, 5.74) is 3.29. The number of nitrogens with zero attached hydrogens (tertiary/aromatic N) is 6. The number of aromatic nitrogens is 6. The molecule has 4 aromatic rings. The first-order chi connectivity index (χ1) is 16.6. The van der Waals surface area contributed by atoms with Gasteiger partial charge in [-0.25, -0.2) is 9.48 Å². The van der Waals surface area contributed by atoms with Gasteiger partial charge in [-0.2, -0.15) is 27.6 Å². The molecule has 8 nitrogen and oxygen atoms in total. The Morgan fingerprint density at radius 1 is 1.06 bits per heavy atom. The molecule has 11 heteroatoms. The number of benzene rings is 2. The van der Waals surface area contributed by atoms with Gasteiger partial charge in [0.1, 0.15) is 12.4 Å². The summed E-state index contributed by atoms with van der Waals surface area (Å²) in [7, 11) is 1.54. The van der Waals surface area contributed by atoms with E-state index in [-0.39, 0.29) is 12.3 Å². The van der Waals surface area contributed by atoms with Crippen LogP contribution in [-0.4, -0.2) is 29.6 Å². The molecule has 0 bridgehead atoms. The third kappa shape index (κ3) is 4.33. The smallest absolute Gasteiger partial charge is 0.435 e. The maximum atomic E-state index is 13.0. The summed E-state index contributed by atoms with van der Waals surface area (Å²) >= 11 is 0. The van der Waals surface area contributed by atoms with Gasteiger partial charge in [0.25, 0.3) is 0 Å². The first kappa shape index (κ1) is 22.9. The molecule has 0 aliphatic heterocycles. The van der Waals surface area contributed by atoms with Crippen molar-refractivity contribution in [1.29, 1.82) is 0 Å². The molecule has 0 spiro atoms. The third-order valence-corrected chi connectivity index (χ3v) is 6.15. The Kier molecular flexibility index (Phi) is 5.49. The summed E-state index contributed by atoms with van der Waals surface area (Å²) in [5, 5.41) is 11.5. The minimum absolute atomic E-state index is 0.199. The Hall–Kier alpha value is -3.89. The van der Waals surface area contributed by atoms with Crippen LogP contribution in [0, 0.1) is 13.8 Å². The minimum Gasteiger partial charge on any atom is -0.489 e. The van der Waals surface area contributed by atoms with E-state index in [9.17, 15) is 18.0 Å². The first-order valence-corrected chi connectivity index (χ1v) is 11.1. The molecular formula is C24H23F3N6O2. The Morgan fingerprint density at radius 3 is 2.46 bits per heavy atom. The molecule has 0 radical (unpaired) electrons. The third-order valence-electron chi connectivity index (χ3n) is 6.15. The van der Waals surface area contributed by atoms with Gasteiger partial charge in [-0.15, -0.1) is 0 Å². The predicted octanol–water partition coefficient (Wildman–Crippen LogP) is 4.24. The number of hydrogen-bond acceptors (Lipinski definition) is 5. The van der Waals surface area contributed by atoms with Crippen LogP contribution in [0.2, 0.25) is 0 Å². The molecule has 0 N–H and O–H groups in total. The lowest BCUT2D eigenvalue weighted by Crippen LogP contribution is -2.23. The molecule has 0 unspecified atom stereocenters. The largest absolute Gasteiger partial charge is 0.489 e. The Morgan fingerprint density at radius 2 is 1.83 bits per heavy atom. The molecule has 0 atom stereocenters. The summed E-state index contributed by atoms with van der Waals surface area (Å²) in [6, 6.07) is 10.2. The van der Waals surface area contributed by atoms with Crippen LogP contribution in [-0.2, 0) is 19.8 Å². The molecule has 1 aliphatic carbocycles. The van der Waals surface area contributed by atoms with E-state index in [1.165, 1.54) is 27.3 Å². The number of tetrazole rings is 1. The Bertz CT molecular complexity index is 1460. The second kappa shape index (κ2) is 8.40. The topological polar surface area (TPSA) is 79.8 Å². The number of halogens is 3. The van der Waals surface area contributed by atoms with Crippen LogP contribution in [0.1, 0.15) is 46.7 Å².